The highest BCUT2D eigenvalue weighted by Crippen LogP contribution is 2.25. The number of hydrogen-bond donors (Lipinski definition) is 1. The van der Waals surface area contributed by atoms with Crippen molar-refractivity contribution in [1.82, 2.24) is 0 Å². The highest BCUT2D eigenvalue weighted by atomic mass is 35.5. The normalized spacial score (nSPS) is 11.8. The summed E-state index contributed by atoms with van der Waals surface area (Å²) in [5.74, 6) is 0. The van der Waals surface area contributed by atoms with Crippen LogP contribution < -0.4 is 0 Å². The van der Waals surface area contributed by atoms with Crippen molar-refractivity contribution >= 4 is 11.6 Å². The van der Waals surface area contributed by atoms with Crippen molar-refractivity contribution in [2.75, 3.05) is 0 Å². The van der Waals surface area contributed by atoms with Crippen molar-refractivity contribution in [2.24, 2.45) is 0 Å². The first-order valence-corrected chi connectivity index (χ1v) is 6.44. The maximum atomic E-state index is 10.5. The lowest BCUT2D eigenvalue weighted by atomic mass is 9.86. The van der Waals surface area contributed by atoms with Gasteiger partial charge in [-0.2, -0.15) is 0 Å². The van der Waals surface area contributed by atoms with E-state index in [2.05, 4.69) is 13.8 Å². The van der Waals surface area contributed by atoms with E-state index in [1.54, 1.807) is 0 Å². The van der Waals surface area contributed by atoms with Crippen LogP contribution in [-0.2, 0) is 6.42 Å². The number of halogens is 1. The van der Waals surface area contributed by atoms with Crippen LogP contribution in [0, 0.1) is 0 Å². The molecule has 0 aromatic heterocycles. The minimum absolute atomic E-state index is 0.561. The van der Waals surface area contributed by atoms with Crippen LogP contribution in [0.1, 0.15) is 45.1 Å². The molecular formula is C14H21ClO. The smallest absolute Gasteiger partial charge is 0.0687 e. The summed E-state index contributed by atoms with van der Waals surface area (Å²) in [5.41, 5.74) is 0.561. The number of benzene rings is 1. The highest BCUT2D eigenvalue weighted by Gasteiger charge is 2.24. The molecule has 0 fully saturated rings. The molecule has 0 saturated heterocycles. The Balaban J connectivity index is 2.74. The predicted molar refractivity (Wildman–Crippen MR) is 69.9 cm³/mol. The molecule has 0 aliphatic heterocycles. The van der Waals surface area contributed by atoms with Crippen molar-refractivity contribution in [3.8, 4) is 0 Å². The van der Waals surface area contributed by atoms with E-state index in [0.717, 1.165) is 36.3 Å². The third-order valence-electron chi connectivity index (χ3n) is 2.85. The molecule has 0 amide bonds. The van der Waals surface area contributed by atoms with Crippen LogP contribution >= 0.6 is 11.6 Å². The average Bonchev–Trinajstić information content (AvgIpc) is 2.17. The Morgan fingerprint density at radius 3 is 2.31 bits per heavy atom. The second-order valence-corrected chi connectivity index (χ2v) is 4.97. The van der Waals surface area contributed by atoms with Crippen LogP contribution in [0.5, 0.6) is 0 Å². The Kier molecular flexibility index (Phi) is 5.30. The molecule has 1 nitrogen and oxygen atoms in total. The quantitative estimate of drug-likeness (QED) is 0.790. The van der Waals surface area contributed by atoms with Gasteiger partial charge >= 0.3 is 0 Å². The number of hydrogen-bond acceptors (Lipinski definition) is 1. The Bertz CT molecular complexity index is 316. The minimum atomic E-state index is -0.561. The summed E-state index contributed by atoms with van der Waals surface area (Å²) in [7, 11) is 0. The molecule has 0 spiro atoms. The summed E-state index contributed by atoms with van der Waals surface area (Å²) in [6.07, 6.45) is 4.43. The van der Waals surface area contributed by atoms with Crippen LogP contribution in [-0.4, -0.2) is 10.7 Å². The summed E-state index contributed by atoms with van der Waals surface area (Å²) in [4.78, 5) is 0. The summed E-state index contributed by atoms with van der Waals surface area (Å²) >= 11 is 5.95. The molecule has 0 aliphatic rings. The molecule has 1 aromatic carbocycles. The molecule has 0 bridgehead atoms. The highest BCUT2D eigenvalue weighted by molar-refractivity contribution is 6.30. The zero-order chi connectivity index (χ0) is 12.0. The van der Waals surface area contributed by atoms with Gasteiger partial charge in [0.15, 0.2) is 0 Å². The van der Waals surface area contributed by atoms with Crippen LogP contribution in [0.4, 0.5) is 0 Å². The molecule has 0 heterocycles. The molecule has 90 valence electrons. The lowest BCUT2D eigenvalue weighted by Crippen LogP contribution is -2.31. The van der Waals surface area contributed by atoms with E-state index in [9.17, 15) is 5.11 Å². The van der Waals surface area contributed by atoms with E-state index < -0.39 is 5.60 Å². The van der Waals surface area contributed by atoms with Gasteiger partial charge in [-0.05, 0) is 30.5 Å². The van der Waals surface area contributed by atoms with Crippen molar-refractivity contribution in [2.45, 2.75) is 51.6 Å². The zero-order valence-corrected chi connectivity index (χ0v) is 10.9. The minimum Gasteiger partial charge on any atom is -0.390 e. The third-order valence-corrected chi connectivity index (χ3v) is 3.09. The molecule has 0 saturated carbocycles. The van der Waals surface area contributed by atoms with Crippen molar-refractivity contribution in [1.29, 1.82) is 0 Å². The monoisotopic (exact) mass is 240 g/mol. The Hall–Kier alpha value is -0.530. The number of aliphatic hydroxyl groups is 1. The van der Waals surface area contributed by atoms with Crippen LogP contribution in [0.3, 0.4) is 0 Å². The lowest BCUT2D eigenvalue weighted by molar-refractivity contribution is 0.0216. The molecule has 1 rings (SSSR count). The largest absolute Gasteiger partial charge is 0.390 e. The average molecular weight is 241 g/mol. The van der Waals surface area contributed by atoms with E-state index >= 15 is 0 Å². The van der Waals surface area contributed by atoms with Crippen LogP contribution in [0.2, 0.25) is 5.02 Å². The molecular weight excluding hydrogens is 220 g/mol. The summed E-state index contributed by atoms with van der Waals surface area (Å²) in [6.45, 7) is 4.22. The summed E-state index contributed by atoms with van der Waals surface area (Å²) < 4.78 is 0. The van der Waals surface area contributed by atoms with Gasteiger partial charge in [0.2, 0.25) is 0 Å². The maximum Gasteiger partial charge on any atom is 0.0687 e. The topological polar surface area (TPSA) is 20.2 Å². The Labute approximate surface area is 103 Å². The fourth-order valence-electron chi connectivity index (χ4n) is 2.26. The molecule has 0 radical (unpaired) electrons. The molecule has 0 unspecified atom stereocenters. The Morgan fingerprint density at radius 1 is 1.19 bits per heavy atom. The Morgan fingerprint density at radius 2 is 1.81 bits per heavy atom. The van der Waals surface area contributed by atoms with Gasteiger partial charge in [-0.1, -0.05) is 50.4 Å². The SMILES string of the molecule is CCCC(O)(CCC)Cc1cccc(Cl)c1. The molecule has 0 atom stereocenters. The predicted octanol–water partition coefficient (Wildman–Crippen LogP) is 4.21. The molecule has 2 heteroatoms. The van der Waals surface area contributed by atoms with Crippen molar-refractivity contribution in [3.63, 3.8) is 0 Å². The van der Waals surface area contributed by atoms with Crippen molar-refractivity contribution < 1.29 is 5.11 Å². The van der Waals surface area contributed by atoms with E-state index in [1.807, 2.05) is 24.3 Å². The van der Waals surface area contributed by atoms with E-state index in [-0.39, 0.29) is 0 Å². The van der Waals surface area contributed by atoms with Crippen LogP contribution in [0.15, 0.2) is 24.3 Å². The van der Waals surface area contributed by atoms with Gasteiger partial charge in [0.05, 0.1) is 5.60 Å². The van der Waals surface area contributed by atoms with Gasteiger partial charge in [-0.15, -0.1) is 0 Å². The number of rotatable bonds is 6. The van der Waals surface area contributed by atoms with E-state index in [1.165, 1.54) is 0 Å². The molecule has 16 heavy (non-hydrogen) atoms. The molecule has 0 aliphatic carbocycles. The van der Waals surface area contributed by atoms with Gasteiger partial charge in [0.25, 0.3) is 0 Å². The fourth-order valence-corrected chi connectivity index (χ4v) is 2.47. The lowest BCUT2D eigenvalue weighted by Gasteiger charge is -2.27. The summed E-state index contributed by atoms with van der Waals surface area (Å²) in [6, 6.07) is 7.78. The third kappa shape index (κ3) is 4.15. The summed E-state index contributed by atoms with van der Waals surface area (Å²) in [5, 5.41) is 11.3. The first kappa shape index (κ1) is 13.5. The molecule has 1 aromatic rings. The van der Waals surface area contributed by atoms with E-state index in [0.29, 0.717) is 6.42 Å². The van der Waals surface area contributed by atoms with E-state index in [4.69, 9.17) is 11.6 Å². The van der Waals surface area contributed by atoms with Gasteiger partial charge in [0, 0.05) is 11.4 Å². The van der Waals surface area contributed by atoms with Crippen LogP contribution in [0.25, 0.3) is 0 Å². The standard InChI is InChI=1S/C14H21ClO/c1-3-8-14(16,9-4-2)11-12-6-5-7-13(15)10-12/h5-7,10,16H,3-4,8-9,11H2,1-2H3. The van der Waals surface area contributed by atoms with Gasteiger partial charge in [-0.3, -0.25) is 0 Å². The maximum absolute atomic E-state index is 10.5. The van der Waals surface area contributed by atoms with Crippen molar-refractivity contribution in [3.05, 3.63) is 34.9 Å². The van der Waals surface area contributed by atoms with Gasteiger partial charge < -0.3 is 5.11 Å². The first-order valence-electron chi connectivity index (χ1n) is 6.06. The van der Waals surface area contributed by atoms with Gasteiger partial charge in [0.1, 0.15) is 0 Å². The zero-order valence-electron chi connectivity index (χ0n) is 10.2. The fraction of sp³-hybridized carbons (Fsp3) is 0.571. The second kappa shape index (κ2) is 6.27. The first-order chi connectivity index (χ1) is 7.59. The molecule has 1 N–H and O–H groups in total. The second-order valence-electron chi connectivity index (χ2n) is 4.53. The van der Waals surface area contributed by atoms with Gasteiger partial charge in [-0.25, -0.2) is 0 Å².